The third-order valence-corrected chi connectivity index (χ3v) is 2.65. The minimum Gasteiger partial charge on any atom is -0.477 e. The minimum atomic E-state index is -0.994. The van der Waals surface area contributed by atoms with Crippen molar-refractivity contribution in [1.29, 1.82) is 0 Å². The molecule has 0 atom stereocenters. The van der Waals surface area contributed by atoms with E-state index >= 15 is 0 Å². The smallest absolute Gasteiger partial charge is 0.354 e. The second-order valence-electron chi connectivity index (χ2n) is 2.67. The van der Waals surface area contributed by atoms with E-state index in [-0.39, 0.29) is 5.69 Å². The molecule has 1 rings (SSSR count). The SMILES string of the molecule is NCCCSc1ccnc(C(=O)O)c1. The molecular weight excluding hydrogens is 200 g/mol. The monoisotopic (exact) mass is 212 g/mol. The van der Waals surface area contributed by atoms with Gasteiger partial charge in [0.05, 0.1) is 0 Å². The van der Waals surface area contributed by atoms with Crippen molar-refractivity contribution >= 4 is 17.7 Å². The van der Waals surface area contributed by atoms with Crippen LogP contribution in [-0.2, 0) is 0 Å². The number of aromatic nitrogens is 1. The lowest BCUT2D eigenvalue weighted by Gasteiger charge is -2.00. The average Bonchev–Trinajstić information content (AvgIpc) is 2.19. The number of rotatable bonds is 5. The van der Waals surface area contributed by atoms with Gasteiger partial charge in [-0.25, -0.2) is 9.78 Å². The first kappa shape index (κ1) is 11.0. The van der Waals surface area contributed by atoms with Gasteiger partial charge in [0, 0.05) is 11.1 Å². The van der Waals surface area contributed by atoms with E-state index in [1.54, 1.807) is 23.9 Å². The molecule has 0 saturated carbocycles. The van der Waals surface area contributed by atoms with Crippen LogP contribution in [-0.4, -0.2) is 28.4 Å². The molecule has 0 radical (unpaired) electrons. The Kier molecular flexibility index (Phi) is 4.42. The summed E-state index contributed by atoms with van der Waals surface area (Å²) in [5, 5.41) is 8.69. The van der Waals surface area contributed by atoms with Crippen LogP contribution < -0.4 is 5.73 Å². The first-order chi connectivity index (χ1) is 6.74. The molecule has 0 fully saturated rings. The van der Waals surface area contributed by atoms with E-state index in [0.717, 1.165) is 17.1 Å². The number of carboxylic acids is 1. The summed E-state index contributed by atoms with van der Waals surface area (Å²) in [5.74, 6) is -0.0918. The third kappa shape index (κ3) is 3.35. The van der Waals surface area contributed by atoms with Crippen molar-refractivity contribution < 1.29 is 9.90 Å². The topological polar surface area (TPSA) is 76.2 Å². The molecule has 0 saturated heterocycles. The molecule has 0 bridgehead atoms. The van der Waals surface area contributed by atoms with Crippen molar-refractivity contribution in [3.63, 3.8) is 0 Å². The van der Waals surface area contributed by atoms with E-state index in [4.69, 9.17) is 10.8 Å². The highest BCUT2D eigenvalue weighted by Crippen LogP contribution is 2.18. The third-order valence-electron chi connectivity index (χ3n) is 1.57. The summed E-state index contributed by atoms with van der Waals surface area (Å²) in [4.78, 5) is 15.2. The Morgan fingerprint density at radius 2 is 2.43 bits per heavy atom. The molecule has 76 valence electrons. The Morgan fingerprint density at radius 3 is 3.07 bits per heavy atom. The van der Waals surface area contributed by atoms with Crippen molar-refractivity contribution in [2.24, 2.45) is 5.73 Å². The van der Waals surface area contributed by atoms with E-state index in [1.165, 1.54) is 6.20 Å². The predicted molar refractivity (Wildman–Crippen MR) is 55.6 cm³/mol. The molecule has 14 heavy (non-hydrogen) atoms. The zero-order valence-corrected chi connectivity index (χ0v) is 8.46. The fraction of sp³-hybridized carbons (Fsp3) is 0.333. The summed E-state index contributed by atoms with van der Waals surface area (Å²) < 4.78 is 0. The van der Waals surface area contributed by atoms with Gasteiger partial charge in [-0.3, -0.25) is 0 Å². The van der Waals surface area contributed by atoms with Gasteiger partial charge in [0.1, 0.15) is 5.69 Å². The van der Waals surface area contributed by atoms with Crippen LogP contribution in [0.5, 0.6) is 0 Å². The Labute approximate surface area is 86.5 Å². The van der Waals surface area contributed by atoms with Gasteiger partial charge in [-0.1, -0.05) is 0 Å². The second kappa shape index (κ2) is 5.62. The summed E-state index contributed by atoms with van der Waals surface area (Å²) in [7, 11) is 0. The van der Waals surface area contributed by atoms with Gasteiger partial charge < -0.3 is 10.8 Å². The van der Waals surface area contributed by atoms with E-state index in [0.29, 0.717) is 6.54 Å². The van der Waals surface area contributed by atoms with Crippen LogP contribution in [0, 0.1) is 0 Å². The van der Waals surface area contributed by atoms with E-state index < -0.39 is 5.97 Å². The number of nitrogens with two attached hydrogens (primary N) is 1. The van der Waals surface area contributed by atoms with Crippen molar-refractivity contribution in [3.05, 3.63) is 24.0 Å². The summed E-state index contributed by atoms with van der Waals surface area (Å²) in [6.07, 6.45) is 2.43. The lowest BCUT2D eigenvalue weighted by molar-refractivity contribution is 0.0690. The fourth-order valence-corrected chi connectivity index (χ4v) is 1.79. The Bertz CT molecular complexity index is 317. The standard InChI is InChI=1S/C9H12N2O2S/c10-3-1-5-14-7-2-4-11-8(6-7)9(12)13/h2,4,6H,1,3,5,10H2,(H,12,13). The predicted octanol–water partition coefficient (Wildman–Crippen LogP) is 1.22. The summed E-state index contributed by atoms with van der Waals surface area (Å²) in [5.41, 5.74) is 5.44. The molecule has 0 aromatic carbocycles. The van der Waals surface area contributed by atoms with Crippen molar-refractivity contribution in [2.75, 3.05) is 12.3 Å². The number of carbonyl (C=O) groups is 1. The van der Waals surface area contributed by atoms with Gasteiger partial charge in [0.25, 0.3) is 0 Å². The molecule has 0 amide bonds. The number of pyridine rings is 1. The zero-order valence-electron chi connectivity index (χ0n) is 7.64. The van der Waals surface area contributed by atoms with Gasteiger partial charge in [0.15, 0.2) is 0 Å². The van der Waals surface area contributed by atoms with Crippen LogP contribution in [0.25, 0.3) is 0 Å². The molecule has 0 aliphatic rings. The number of hydrogen-bond donors (Lipinski definition) is 2. The number of hydrogen-bond acceptors (Lipinski definition) is 4. The first-order valence-corrected chi connectivity index (χ1v) is 5.25. The number of carboxylic acid groups (broad SMARTS) is 1. The van der Waals surface area contributed by atoms with Gasteiger partial charge >= 0.3 is 5.97 Å². The van der Waals surface area contributed by atoms with Crippen molar-refractivity contribution in [2.45, 2.75) is 11.3 Å². The van der Waals surface area contributed by atoms with E-state index in [1.807, 2.05) is 0 Å². The van der Waals surface area contributed by atoms with Crippen LogP contribution in [0.2, 0.25) is 0 Å². The number of aromatic carboxylic acids is 1. The highest BCUT2D eigenvalue weighted by Gasteiger charge is 2.04. The Morgan fingerprint density at radius 1 is 1.64 bits per heavy atom. The molecule has 0 aliphatic carbocycles. The van der Waals surface area contributed by atoms with Gasteiger partial charge in [-0.2, -0.15) is 0 Å². The van der Waals surface area contributed by atoms with Gasteiger partial charge in [0.2, 0.25) is 0 Å². The van der Waals surface area contributed by atoms with Crippen LogP contribution in [0.3, 0.4) is 0 Å². The van der Waals surface area contributed by atoms with E-state index in [2.05, 4.69) is 4.98 Å². The van der Waals surface area contributed by atoms with Crippen LogP contribution >= 0.6 is 11.8 Å². The Hall–Kier alpha value is -1.07. The van der Waals surface area contributed by atoms with Crippen LogP contribution in [0.15, 0.2) is 23.2 Å². The van der Waals surface area contributed by atoms with Crippen molar-refractivity contribution in [3.8, 4) is 0 Å². The molecule has 5 heteroatoms. The quantitative estimate of drug-likeness (QED) is 0.567. The van der Waals surface area contributed by atoms with Gasteiger partial charge in [-0.15, -0.1) is 11.8 Å². The highest BCUT2D eigenvalue weighted by atomic mass is 32.2. The summed E-state index contributed by atoms with van der Waals surface area (Å²) in [6.45, 7) is 0.657. The van der Waals surface area contributed by atoms with Crippen molar-refractivity contribution in [1.82, 2.24) is 4.98 Å². The fourth-order valence-electron chi connectivity index (χ4n) is 0.891. The second-order valence-corrected chi connectivity index (χ2v) is 3.84. The average molecular weight is 212 g/mol. The minimum absolute atomic E-state index is 0.0859. The Balaban J connectivity index is 2.59. The maximum absolute atomic E-state index is 10.6. The lowest BCUT2D eigenvalue weighted by atomic mass is 10.3. The largest absolute Gasteiger partial charge is 0.477 e. The van der Waals surface area contributed by atoms with Gasteiger partial charge in [-0.05, 0) is 30.9 Å². The van der Waals surface area contributed by atoms with Crippen LogP contribution in [0.4, 0.5) is 0 Å². The molecule has 1 aromatic heterocycles. The highest BCUT2D eigenvalue weighted by molar-refractivity contribution is 7.99. The maximum atomic E-state index is 10.6. The van der Waals surface area contributed by atoms with E-state index in [9.17, 15) is 4.79 Å². The van der Waals surface area contributed by atoms with Crippen LogP contribution in [0.1, 0.15) is 16.9 Å². The molecule has 1 aromatic rings. The maximum Gasteiger partial charge on any atom is 0.354 e. The molecule has 3 N–H and O–H groups in total. The number of nitrogens with zero attached hydrogens (tertiary/aromatic N) is 1. The zero-order chi connectivity index (χ0) is 10.4. The normalized spacial score (nSPS) is 10.1. The molecule has 0 unspecified atom stereocenters. The first-order valence-electron chi connectivity index (χ1n) is 4.26. The molecule has 4 nitrogen and oxygen atoms in total. The molecular formula is C9H12N2O2S. The summed E-state index contributed by atoms with van der Waals surface area (Å²) in [6, 6.07) is 3.37. The molecule has 0 aliphatic heterocycles. The molecule has 1 heterocycles. The summed E-state index contributed by atoms with van der Waals surface area (Å²) >= 11 is 1.59. The molecule has 0 spiro atoms. The number of thioether (sulfide) groups is 1. The lowest BCUT2D eigenvalue weighted by Crippen LogP contribution is -2.01.